The third-order valence-electron chi connectivity index (χ3n) is 1.93. The van der Waals surface area contributed by atoms with Crippen LogP contribution < -0.4 is 5.56 Å². The van der Waals surface area contributed by atoms with Gasteiger partial charge in [-0.05, 0) is 20.3 Å². The zero-order chi connectivity index (χ0) is 14.1. The van der Waals surface area contributed by atoms with Gasteiger partial charge in [0.25, 0.3) is 5.56 Å². The minimum Gasteiger partial charge on any atom is -0.507 e. The zero-order valence-corrected chi connectivity index (χ0v) is 10.8. The van der Waals surface area contributed by atoms with Crippen LogP contribution in [0.4, 0.5) is 0 Å². The van der Waals surface area contributed by atoms with Crippen LogP contribution >= 0.6 is 0 Å². The van der Waals surface area contributed by atoms with Gasteiger partial charge >= 0.3 is 5.97 Å². The molecule has 1 aromatic heterocycles. The lowest BCUT2D eigenvalue weighted by Crippen LogP contribution is -2.20. The van der Waals surface area contributed by atoms with E-state index in [-0.39, 0.29) is 24.5 Å². The van der Waals surface area contributed by atoms with Crippen LogP contribution in [0.15, 0.2) is 10.9 Å². The summed E-state index contributed by atoms with van der Waals surface area (Å²) >= 11 is 0. The normalized spacial score (nSPS) is 9.33. The summed E-state index contributed by atoms with van der Waals surface area (Å²) < 4.78 is 4.64. The fraction of sp³-hybridized carbons (Fsp3) is 0.500. The fourth-order valence-electron chi connectivity index (χ4n) is 1.19. The maximum atomic E-state index is 11.4. The molecule has 18 heavy (non-hydrogen) atoms. The summed E-state index contributed by atoms with van der Waals surface area (Å²) in [7, 11) is 0. The molecular weight excluding hydrogens is 238 g/mol. The molecule has 0 unspecified atom stereocenters. The first-order valence-electron chi connectivity index (χ1n) is 5.74. The molecule has 0 radical (unpaired) electrons. The molecule has 102 valence electrons. The van der Waals surface area contributed by atoms with Gasteiger partial charge in [0.1, 0.15) is 5.75 Å². The Kier molecular flexibility index (Phi) is 7.46. The number of carbonyl (C=O) groups excluding carboxylic acids is 1. The number of aromatic hydroxyl groups is 1. The molecule has 0 aliphatic heterocycles. The van der Waals surface area contributed by atoms with Crippen molar-refractivity contribution < 1.29 is 19.7 Å². The number of pyridine rings is 1. The van der Waals surface area contributed by atoms with Crippen molar-refractivity contribution in [2.75, 3.05) is 13.2 Å². The molecule has 3 N–H and O–H groups in total. The molecule has 1 aromatic rings. The summed E-state index contributed by atoms with van der Waals surface area (Å²) in [6.45, 7) is 5.55. The molecule has 0 atom stereocenters. The summed E-state index contributed by atoms with van der Waals surface area (Å²) in [4.78, 5) is 25.2. The molecule has 0 fully saturated rings. The second-order valence-corrected chi connectivity index (χ2v) is 3.27. The molecule has 6 heteroatoms. The number of H-pyrrole nitrogens is 1. The largest absolute Gasteiger partial charge is 0.507 e. The molecule has 0 bridgehead atoms. The van der Waals surface area contributed by atoms with E-state index in [9.17, 15) is 14.7 Å². The van der Waals surface area contributed by atoms with Crippen molar-refractivity contribution in [3.8, 4) is 5.75 Å². The average molecular weight is 257 g/mol. The van der Waals surface area contributed by atoms with E-state index in [2.05, 4.69) is 9.72 Å². The van der Waals surface area contributed by atoms with E-state index >= 15 is 0 Å². The Morgan fingerprint density at radius 2 is 1.94 bits per heavy atom. The maximum absolute atomic E-state index is 11.4. The number of aromatic nitrogens is 1. The summed E-state index contributed by atoms with van der Waals surface area (Å²) in [5, 5.41) is 17.0. The van der Waals surface area contributed by atoms with Gasteiger partial charge in [0.2, 0.25) is 0 Å². The Morgan fingerprint density at radius 1 is 1.39 bits per heavy atom. The van der Waals surface area contributed by atoms with Crippen LogP contribution in [0.2, 0.25) is 0 Å². The third kappa shape index (κ3) is 4.58. The van der Waals surface area contributed by atoms with Gasteiger partial charge in [-0.2, -0.15) is 0 Å². The van der Waals surface area contributed by atoms with E-state index in [0.29, 0.717) is 12.1 Å². The predicted octanol–water partition coefficient (Wildman–Crippen LogP) is 0.818. The van der Waals surface area contributed by atoms with Crippen LogP contribution in [-0.2, 0) is 11.2 Å². The van der Waals surface area contributed by atoms with E-state index in [0.717, 1.165) is 0 Å². The van der Waals surface area contributed by atoms with Gasteiger partial charge in [0, 0.05) is 18.4 Å². The Hall–Kier alpha value is -1.82. The molecule has 0 saturated carbocycles. The maximum Gasteiger partial charge on any atom is 0.347 e. The van der Waals surface area contributed by atoms with Gasteiger partial charge in [-0.1, -0.05) is 6.92 Å². The molecule has 1 rings (SSSR count). The number of aliphatic hydroxyl groups is 1. The molecule has 0 aromatic carbocycles. The molecule has 0 saturated heterocycles. The standard InChI is InChI=1S/C10H13NO4.C2H6O/c1-3-6-5-7(12)8(9(13)11-6)10(14)15-4-2;1-2-3/h5H,3-4H2,1-2H3,(H2,11,12,13);3H,2H2,1H3. The molecular formula is C12H19NO5. The van der Waals surface area contributed by atoms with Gasteiger partial charge in [0.05, 0.1) is 6.61 Å². The average Bonchev–Trinajstić information content (AvgIpc) is 2.29. The van der Waals surface area contributed by atoms with Crippen molar-refractivity contribution in [2.24, 2.45) is 0 Å². The summed E-state index contributed by atoms with van der Waals surface area (Å²) in [5.74, 6) is -1.15. The first-order chi connectivity index (χ1) is 8.51. The van der Waals surface area contributed by atoms with E-state index < -0.39 is 11.5 Å². The number of rotatable bonds is 3. The monoisotopic (exact) mass is 257 g/mol. The molecule has 6 nitrogen and oxygen atoms in total. The molecule has 0 aliphatic rings. The van der Waals surface area contributed by atoms with Gasteiger partial charge in [0.15, 0.2) is 5.56 Å². The number of carbonyl (C=O) groups is 1. The highest BCUT2D eigenvalue weighted by molar-refractivity contribution is 5.91. The summed E-state index contributed by atoms with van der Waals surface area (Å²) in [6.07, 6.45) is 0.575. The quantitative estimate of drug-likeness (QED) is 0.696. The lowest BCUT2D eigenvalue weighted by atomic mass is 10.2. The highest BCUT2D eigenvalue weighted by Crippen LogP contribution is 2.14. The number of aliphatic hydroxyl groups excluding tert-OH is 1. The highest BCUT2D eigenvalue weighted by atomic mass is 16.5. The smallest absolute Gasteiger partial charge is 0.347 e. The Morgan fingerprint density at radius 3 is 2.33 bits per heavy atom. The fourth-order valence-corrected chi connectivity index (χ4v) is 1.19. The molecule has 1 heterocycles. The number of nitrogens with one attached hydrogen (secondary N) is 1. The zero-order valence-electron chi connectivity index (χ0n) is 10.8. The third-order valence-corrected chi connectivity index (χ3v) is 1.93. The van der Waals surface area contributed by atoms with E-state index in [4.69, 9.17) is 5.11 Å². The lowest BCUT2D eigenvalue weighted by Gasteiger charge is -2.04. The minimum absolute atomic E-state index is 0.160. The summed E-state index contributed by atoms with van der Waals surface area (Å²) in [6, 6.07) is 1.35. The Balaban J connectivity index is 0.000000873. The topological polar surface area (TPSA) is 99.6 Å². The number of aromatic amines is 1. The van der Waals surface area contributed by atoms with Crippen molar-refractivity contribution in [1.82, 2.24) is 4.98 Å². The van der Waals surface area contributed by atoms with E-state index in [1.807, 2.05) is 6.92 Å². The van der Waals surface area contributed by atoms with Gasteiger partial charge in [-0.15, -0.1) is 0 Å². The van der Waals surface area contributed by atoms with Crippen molar-refractivity contribution >= 4 is 5.97 Å². The van der Waals surface area contributed by atoms with Crippen LogP contribution in [0.25, 0.3) is 0 Å². The van der Waals surface area contributed by atoms with Crippen LogP contribution in [0.5, 0.6) is 5.75 Å². The number of ether oxygens (including phenoxy) is 1. The van der Waals surface area contributed by atoms with Crippen LogP contribution in [0, 0.1) is 0 Å². The van der Waals surface area contributed by atoms with Crippen LogP contribution in [-0.4, -0.2) is 34.4 Å². The minimum atomic E-state index is -0.807. The summed E-state index contributed by atoms with van der Waals surface area (Å²) in [5.41, 5.74) is -0.384. The molecule has 0 aliphatic carbocycles. The molecule has 0 amide bonds. The van der Waals surface area contributed by atoms with E-state index in [1.54, 1.807) is 13.8 Å². The van der Waals surface area contributed by atoms with Gasteiger partial charge < -0.3 is 19.9 Å². The van der Waals surface area contributed by atoms with Crippen LogP contribution in [0.3, 0.4) is 0 Å². The Labute approximate surface area is 105 Å². The lowest BCUT2D eigenvalue weighted by molar-refractivity contribution is 0.0521. The number of hydrogen-bond acceptors (Lipinski definition) is 5. The van der Waals surface area contributed by atoms with Gasteiger partial charge in [-0.25, -0.2) is 4.79 Å². The first kappa shape index (κ1) is 16.2. The SMILES string of the molecule is CCO.CCOC(=O)c1c(O)cc(CC)[nH]c1=O. The predicted molar refractivity (Wildman–Crippen MR) is 66.8 cm³/mol. The van der Waals surface area contributed by atoms with Crippen molar-refractivity contribution in [3.05, 3.63) is 27.7 Å². The second-order valence-electron chi connectivity index (χ2n) is 3.27. The first-order valence-corrected chi connectivity index (χ1v) is 5.74. The highest BCUT2D eigenvalue weighted by Gasteiger charge is 2.17. The number of hydrogen-bond donors (Lipinski definition) is 3. The van der Waals surface area contributed by atoms with Crippen LogP contribution in [0.1, 0.15) is 36.8 Å². The van der Waals surface area contributed by atoms with E-state index in [1.165, 1.54) is 6.07 Å². The van der Waals surface area contributed by atoms with Crippen molar-refractivity contribution in [2.45, 2.75) is 27.2 Å². The number of esters is 1. The Bertz CT molecular complexity index is 439. The van der Waals surface area contributed by atoms with Crippen molar-refractivity contribution in [1.29, 1.82) is 0 Å². The van der Waals surface area contributed by atoms with Gasteiger partial charge in [-0.3, -0.25) is 4.79 Å². The van der Waals surface area contributed by atoms with Crippen molar-refractivity contribution in [3.63, 3.8) is 0 Å². The molecule has 0 spiro atoms. The number of aryl methyl sites for hydroxylation is 1. The second kappa shape index (κ2) is 8.30.